The molecule has 1 heterocycles. The van der Waals surface area contributed by atoms with E-state index in [2.05, 4.69) is 16.3 Å². The highest BCUT2D eigenvalue weighted by atomic mass is 16.3. The van der Waals surface area contributed by atoms with Gasteiger partial charge in [-0.3, -0.25) is 9.69 Å². The molecule has 2 unspecified atom stereocenters. The molecular weight excluding hydrogens is 314 g/mol. The first kappa shape index (κ1) is 17.9. The van der Waals surface area contributed by atoms with Crippen LogP contribution < -0.4 is 5.32 Å². The lowest BCUT2D eigenvalue weighted by Crippen LogP contribution is -2.52. The van der Waals surface area contributed by atoms with Gasteiger partial charge in [0.15, 0.2) is 0 Å². The van der Waals surface area contributed by atoms with Crippen molar-refractivity contribution in [1.29, 1.82) is 5.26 Å². The highest BCUT2D eigenvalue weighted by Crippen LogP contribution is 2.26. The molecule has 1 saturated carbocycles. The van der Waals surface area contributed by atoms with Gasteiger partial charge in [0.2, 0.25) is 0 Å². The summed E-state index contributed by atoms with van der Waals surface area (Å²) in [4.78, 5) is 14.9. The van der Waals surface area contributed by atoms with Crippen LogP contribution in [0, 0.1) is 18.3 Å². The van der Waals surface area contributed by atoms with Gasteiger partial charge in [-0.15, -0.1) is 0 Å². The first-order valence-electron chi connectivity index (χ1n) is 9.32. The fourth-order valence-corrected chi connectivity index (χ4v) is 4.14. The van der Waals surface area contributed by atoms with Crippen molar-refractivity contribution < 1.29 is 9.90 Å². The van der Waals surface area contributed by atoms with E-state index in [9.17, 15) is 9.90 Å². The monoisotopic (exact) mass is 341 g/mol. The molecule has 1 aliphatic heterocycles. The number of carbonyl (C=O) groups excluding carboxylic acids is 1. The van der Waals surface area contributed by atoms with E-state index in [4.69, 9.17) is 5.26 Å². The summed E-state index contributed by atoms with van der Waals surface area (Å²) in [5.74, 6) is -0.0573. The Hall–Kier alpha value is -1.90. The van der Waals surface area contributed by atoms with Crippen LogP contribution in [0.15, 0.2) is 18.2 Å². The van der Waals surface area contributed by atoms with Gasteiger partial charge in [-0.1, -0.05) is 12.8 Å². The van der Waals surface area contributed by atoms with Crippen molar-refractivity contribution in [3.63, 3.8) is 0 Å². The van der Waals surface area contributed by atoms with Crippen LogP contribution in [0.4, 0.5) is 0 Å². The number of nitriles is 1. The summed E-state index contributed by atoms with van der Waals surface area (Å²) in [6.07, 6.45) is 5.99. The van der Waals surface area contributed by atoms with Crippen molar-refractivity contribution in [1.82, 2.24) is 10.2 Å². The maximum absolute atomic E-state index is 12.5. The average molecular weight is 341 g/mol. The molecule has 2 aliphatic rings. The minimum Gasteiger partial charge on any atom is -0.391 e. The number of aliphatic hydroxyl groups excluding tert-OH is 1. The van der Waals surface area contributed by atoms with Crippen molar-refractivity contribution in [3.05, 3.63) is 34.9 Å². The van der Waals surface area contributed by atoms with Crippen molar-refractivity contribution in [2.45, 2.75) is 63.6 Å². The average Bonchev–Trinajstić information content (AvgIpc) is 2.62. The first-order chi connectivity index (χ1) is 12.1. The number of hydrogen-bond donors (Lipinski definition) is 2. The largest absolute Gasteiger partial charge is 0.391 e. The summed E-state index contributed by atoms with van der Waals surface area (Å²) in [7, 11) is 0. The minimum atomic E-state index is -0.193. The molecule has 134 valence electrons. The topological polar surface area (TPSA) is 76.4 Å². The number of amides is 1. The van der Waals surface area contributed by atoms with Gasteiger partial charge in [0.1, 0.15) is 0 Å². The maximum atomic E-state index is 12.5. The third kappa shape index (κ3) is 4.20. The normalized spacial score (nSPS) is 25.3. The van der Waals surface area contributed by atoms with Gasteiger partial charge < -0.3 is 10.4 Å². The molecule has 0 aromatic heterocycles. The predicted octanol–water partition coefficient (Wildman–Crippen LogP) is 2.36. The molecule has 5 nitrogen and oxygen atoms in total. The number of benzene rings is 1. The van der Waals surface area contributed by atoms with Crippen LogP contribution >= 0.6 is 0 Å². The predicted molar refractivity (Wildman–Crippen MR) is 96.2 cm³/mol. The summed E-state index contributed by atoms with van der Waals surface area (Å²) < 4.78 is 0. The van der Waals surface area contributed by atoms with Crippen molar-refractivity contribution in [2.75, 3.05) is 13.1 Å². The zero-order chi connectivity index (χ0) is 17.8. The Balaban J connectivity index is 1.53. The number of hydrogen-bond acceptors (Lipinski definition) is 4. The molecule has 1 aromatic rings. The number of carbonyl (C=O) groups is 1. The summed E-state index contributed by atoms with van der Waals surface area (Å²) >= 11 is 0. The second kappa shape index (κ2) is 7.99. The Morgan fingerprint density at radius 1 is 1.24 bits per heavy atom. The third-order valence-corrected chi connectivity index (χ3v) is 5.63. The van der Waals surface area contributed by atoms with Gasteiger partial charge >= 0.3 is 0 Å². The van der Waals surface area contributed by atoms with Crippen LogP contribution in [0.3, 0.4) is 0 Å². The standard InChI is InChI=1S/C20H27N3O2/c1-14-12-15(13-21)6-7-17(14)20(25)22-16-8-10-23(11-9-16)18-4-2-3-5-19(18)24/h6-7,12,16,18-19,24H,2-5,8-11H2,1H3,(H,22,25). The lowest BCUT2D eigenvalue weighted by atomic mass is 9.89. The van der Waals surface area contributed by atoms with Gasteiger partial charge in [0.05, 0.1) is 17.7 Å². The lowest BCUT2D eigenvalue weighted by molar-refractivity contribution is 0.00727. The van der Waals surface area contributed by atoms with E-state index in [-0.39, 0.29) is 18.1 Å². The van der Waals surface area contributed by atoms with Crippen LogP contribution in [0.5, 0.6) is 0 Å². The third-order valence-electron chi connectivity index (χ3n) is 5.63. The molecule has 1 aromatic carbocycles. The van der Waals surface area contributed by atoms with E-state index in [0.29, 0.717) is 17.2 Å². The summed E-state index contributed by atoms with van der Waals surface area (Å²) in [5.41, 5.74) is 2.05. The molecular formula is C20H27N3O2. The van der Waals surface area contributed by atoms with Crippen molar-refractivity contribution >= 4 is 5.91 Å². The quantitative estimate of drug-likeness (QED) is 0.885. The van der Waals surface area contributed by atoms with Crippen LogP contribution in [-0.2, 0) is 0 Å². The van der Waals surface area contributed by atoms with Crippen LogP contribution in [-0.4, -0.2) is 47.2 Å². The Morgan fingerprint density at radius 2 is 1.96 bits per heavy atom. The van der Waals surface area contributed by atoms with Crippen molar-refractivity contribution in [3.8, 4) is 6.07 Å². The second-order valence-electron chi connectivity index (χ2n) is 7.34. The fourth-order valence-electron chi connectivity index (χ4n) is 4.14. The van der Waals surface area contributed by atoms with Gasteiger partial charge in [0, 0.05) is 30.7 Å². The summed E-state index contributed by atoms with van der Waals surface area (Å²) in [5, 5.41) is 22.3. The van der Waals surface area contributed by atoms with Gasteiger partial charge in [-0.25, -0.2) is 0 Å². The Labute approximate surface area is 149 Å². The van der Waals surface area contributed by atoms with Gasteiger partial charge in [0.25, 0.3) is 5.91 Å². The van der Waals surface area contributed by atoms with Gasteiger partial charge in [-0.05, 0) is 56.4 Å². The lowest BCUT2D eigenvalue weighted by Gasteiger charge is -2.41. The SMILES string of the molecule is Cc1cc(C#N)ccc1C(=O)NC1CCN(C2CCCCC2O)CC1. The highest BCUT2D eigenvalue weighted by molar-refractivity contribution is 5.95. The molecule has 25 heavy (non-hydrogen) atoms. The number of aryl methyl sites for hydroxylation is 1. The van der Waals surface area contributed by atoms with Crippen molar-refractivity contribution in [2.24, 2.45) is 0 Å². The molecule has 1 amide bonds. The minimum absolute atomic E-state index is 0.0573. The number of nitrogens with one attached hydrogen (secondary N) is 1. The zero-order valence-electron chi connectivity index (χ0n) is 14.9. The smallest absolute Gasteiger partial charge is 0.251 e. The number of aliphatic hydroxyl groups is 1. The Morgan fingerprint density at radius 3 is 2.60 bits per heavy atom. The van der Waals surface area contributed by atoms with E-state index >= 15 is 0 Å². The maximum Gasteiger partial charge on any atom is 0.251 e. The fraction of sp³-hybridized carbons (Fsp3) is 0.600. The molecule has 3 rings (SSSR count). The van der Waals surface area contributed by atoms with E-state index in [1.165, 1.54) is 6.42 Å². The number of piperidine rings is 1. The summed E-state index contributed by atoms with van der Waals surface area (Å²) in [6, 6.07) is 7.75. The van der Waals surface area contributed by atoms with Crippen LogP contribution in [0.2, 0.25) is 0 Å². The van der Waals surface area contributed by atoms with E-state index < -0.39 is 0 Å². The number of nitrogens with zero attached hydrogens (tertiary/aromatic N) is 2. The Bertz CT molecular complexity index is 659. The Kier molecular flexibility index (Phi) is 5.72. The molecule has 0 bridgehead atoms. The van der Waals surface area contributed by atoms with Gasteiger partial charge in [-0.2, -0.15) is 5.26 Å². The second-order valence-corrected chi connectivity index (χ2v) is 7.34. The van der Waals surface area contributed by atoms with Crippen LogP contribution in [0.1, 0.15) is 60.0 Å². The molecule has 2 N–H and O–H groups in total. The zero-order valence-corrected chi connectivity index (χ0v) is 14.9. The highest BCUT2D eigenvalue weighted by Gasteiger charge is 2.31. The molecule has 1 aliphatic carbocycles. The number of likely N-dealkylation sites (tertiary alicyclic amines) is 1. The van der Waals surface area contributed by atoms with Crippen LogP contribution in [0.25, 0.3) is 0 Å². The molecule has 1 saturated heterocycles. The molecule has 2 atom stereocenters. The van der Waals surface area contributed by atoms with E-state index in [1.807, 2.05) is 6.92 Å². The first-order valence-corrected chi connectivity index (χ1v) is 9.32. The molecule has 0 spiro atoms. The summed E-state index contributed by atoms with van der Waals surface area (Å²) in [6.45, 7) is 3.72. The number of rotatable bonds is 3. The van der Waals surface area contributed by atoms with E-state index in [0.717, 1.165) is 50.8 Å². The molecule has 0 radical (unpaired) electrons. The molecule has 2 fully saturated rings. The molecule has 5 heteroatoms. The van der Waals surface area contributed by atoms with E-state index in [1.54, 1.807) is 18.2 Å².